The Kier molecular flexibility index (Phi) is 3.27. The third-order valence-electron chi connectivity index (χ3n) is 3.05. The van der Waals surface area contributed by atoms with E-state index in [1.54, 1.807) is 6.21 Å². The molecule has 0 unspecified atom stereocenters. The number of hydrogen-bond donors (Lipinski definition) is 1. The van der Waals surface area contributed by atoms with Crippen LogP contribution in [0.5, 0.6) is 0 Å². The van der Waals surface area contributed by atoms with Gasteiger partial charge in [-0.3, -0.25) is 4.79 Å². The van der Waals surface area contributed by atoms with Crippen molar-refractivity contribution < 1.29 is 4.79 Å². The van der Waals surface area contributed by atoms with Gasteiger partial charge in [0.15, 0.2) is 0 Å². The van der Waals surface area contributed by atoms with Crippen molar-refractivity contribution in [2.75, 3.05) is 0 Å². The summed E-state index contributed by atoms with van der Waals surface area (Å²) < 4.78 is 0. The minimum atomic E-state index is 0.0451. The van der Waals surface area contributed by atoms with Gasteiger partial charge in [-0.1, -0.05) is 17.7 Å². The largest absolute Gasteiger partial charge is 0.273 e. The number of nitrogens with one attached hydrogen (secondary N) is 1. The lowest BCUT2D eigenvalue weighted by Crippen LogP contribution is -2.19. The molecule has 1 amide bonds. The Morgan fingerprint density at radius 1 is 1.29 bits per heavy atom. The lowest BCUT2D eigenvalue weighted by molar-refractivity contribution is -0.122. The van der Waals surface area contributed by atoms with Crippen molar-refractivity contribution in [1.82, 2.24) is 5.43 Å². The van der Waals surface area contributed by atoms with Crippen LogP contribution in [-0.2, 0) is 4.79 Å². The summed E-state index contributed by atoms with van der Waals surface area (Å²) in [7, 11) is 0. The summed E-state index contributed by atoms with van der Waals surface area (Å²) in [4.78, 5) is 11.4. The molecule has 0 radical (unpaired) electrons. The number of carbonyl (C=O) groups excluding carboxylic acids is 1. The van der Waals surface area contributed by atoms with Gasteiger partial charge in [-0.25, -0.2) is 5.43 Å². The first-order chi connectivity index (χ1) is 8.08. The van der Waals surface area contributed by atoms with Crippen molar-refractivity contribution in [2.24, 2.45) is 11.0 Å². The standard InChI is InChI=1S/C14H18N2O/c1-9-6-10(2)13(11(3)7-9)8-15-16-14(17)12-4-5-12/h6-8,12H,4-5H2,1-3H3,(H,16,17). The average Bonchev–Trinajstić information content (AvgIpc) is 3.04. The summed E-state index contributed by atoms with van der Waals surface area (Å²) in [5.74, 6) is 0.246. The molecule has 1 fully saturated rings. The topological polar surface area (TPSA) is 41.5 Å². The van der Waals surface area contributed by atoms with E-state index in [9.17, 15) is 4.79 Å². The van der Waals surface area contributed by atoms with Crippen LogP contribution in [0.1, 0.15) is 35.1 Å². The summed E-state index contributed by atoms with van der Waals surface area (Å²) in [6.45, 7) is 6.20. The van der Waals surface area contributed by atoms with E-state index in [1.807, 2.05) is 0 Å². The van der Waals surface area contributed by atoms with Crippen LogP contribution in [0.2, 0.25) is 0 Å². The van der Waals surface area contributed by atoms with Gasteiger partial charge in [0.05, 0.1) is 6.21 Å². The van der Waals surface area contributed by atoms with E-state index in [1.165, 1.54) is 16.7 Å². The van der Waals surface area contributed by atoms with Crippen molar-refractivity contribution in [2.45, 2.75) is 33.6 Å². The van der Waals surface area contributed by atoms with Crippen molar-refractivity contribution in [3.63, 3.8) is 0 Å². The fourth-order valence-electron chi connectivity index (χ4n) is 1.99. The molecular formula is C14H18N2O. The highest BCUT2D eigenvalue weighted by molar-refractivity contribution is 5.86. The van der Waals surface area contributed by atoms with Gasteiger partial charge in [-0.2, -0.15) is 5.10 Å². The molecule has 3 nitrogen and oxygen atoms in total. The zero-order chi connectivity index (χ0) is 12.4. The molecule has 0 heterocycles. The van der Waals surface area contributed by atoms with Crippen LogP contribution < -0.4 is 5.43 Å². The number of carbonyl (C=O) groups is 1. The average molecular weight is 230 g/mol. The molecule has 1 saturated carbocycles. The SMILES string of the molecule is Cc1cc(C)c(C=NNC(=O)C2CC2)c(C)c1. The predicted octanol–water partition coefficient (Wildman–Crippen LogP) is 2.47. The number of benzene rings is 1. The highest BCUT2D eigenvalue weighted by atomic mass is 16.2. The zero-order valence-electron chi connectivity index (χ0n) is 10.6. The maximum absolute atomic E-state index is 11.4. The smallest absolute Gasteiger partial charge is 0.243 e. The third kappa shape index (κ3) is 2.93. The summed E-state index contributed by atoms with van der Waals surface area (Å²) in [6, 6.07) is 4.24. The Balaban J connectivity index is 2.07. The number of hydrazone groups is 1. The molecule has 1 aromatic rings. The molecule has 90 valence electrons. The van der Waals surface area contributed by atoms with Gasteiger partial charge in [0.25, 0.3) is 0 Å². The van der Waals surface area contributed by atoms with E-state index in [0.717, 1.165) is 18.4 Å². The van der Waals surface area contributed by atoms with Crippen molar-refractivity contribution in [3.8, 4) is 0 Å². The number of rotatable bonds is 3. The maximum atomic E-state index is 11.4. The monoisotopic (exact) mass is 230 g/mol. The molecule has 0 aromatic heterocycles. The maximum Gasteiger partial charge on any atom is 0.243 e. The lowest BCUT2D eigenvalue weighted by atomic mass is 10.0. The van der Waals surface area contributed by atoms with Crippen molar-refractivity contribution in [1.29, 1.82) is 0 Å². The van der Waals surface area contributed by atoms with Crippen LogP contribution in [0, 0.1) is 26.7 Å². The second kappa shape index (κ2) is 4.70. The Labute approximate surface area is 102 Å². The van der Waals surface area contributed by atoms with E-state index in [4.69, 9.17) is 0 Å². The van der Waals surface area contributed by atoms with Gasteiger partial charge in [-0.05, 0) is 44.7 Å². The van der Waals surface area contributed by atoms with Crippen LogP contribution in [0.4, 0.5) is 0 Å². The molecule has 0 spiro atoms. The minimum Gasteiger partial charge on any atom is -0.273 e. The molecule has 0 aliphatic heterocycles. The second-order valence-corrected chi connectivity index (χ2v) is 4.82. The predicted molar refractivity (Wildman–Crippen MR) is 69.1 cm³/mol. The quantitative estimate of drug-likeness (QED) is 0.629. The first-order valence-corrected chi connectivity index (χ1v) is 5.98. The van der Waals surface area contributed by atoms with Gasteiger partial charge in [-0.15, -0.1) is 0 Å². The van der Waals surface area contributed by atoms with E-state index in [-0.39, 0.29) is 11.8 Å². The van der Waals surface area contributed by atoms with Crippen LogP contribution in [-0.4, -0.2) is 12.1 Å². The Bertz CT molecular complexity index is 450. The highest BCUT2D eigenvalue weighted by Crippen LogP contribution is 2.28. The molecule has 0 saturated heterocycles. The second-order valence-electron chi connectivity index (χ2n) is 4.82. The van der Waals surface area contributed by atoms with E-state index >= 15 is 0 Å². The first-order valence-electron chi connectivity index (χ1n) is 5.98. The number of amides is 1. The summed E-state index contributed by atoms with van der Waals surface area (Å²) in [5.41, 5.74) is 7.31. The number of hydrogen-bond acceptors (Lipinski definition) is 2. The van der Waals surface area contributed by atoms with Gasteiger partial charge >= 0.3 is 0 Å². The minimum absolute atomic E-state index is 0.0451. The van der Waals surface area contributed by atoms with Crippen LogP contribution in [0.25, 0.3) is 0 Å². The summed E-state index contributed by atoms with van der Waals surface area (Å²) in [5, 5.41) is 4.03. The first kappa shape index (κ1) is 11.8. The molecule has 1 aromatic carbocycles. The van der Waals surface area contributed by atoms with E-state index < -0.39 is 0 Å². The van der Waals surface area contributed by atoms with Crippen LogP contribution in [0.15, 0.2) is 17.2 Å². The summed E-state index contributed by atoms with van der Waals surface area (Å²) in [6.07, 6.45) is 3.75. The molecule has 17 heavy (non-hydrogen) atoms. The molecule has 1 aliphatic carbocycles. The normalized spacial score (nSPS) is 15.2. The van der Waals surface area contributed by atoms with Gasteiger partial charge in [0.1, 0.15) is 0 Å². The fourth-order valence-corrected chi connectivity index (χ4v) is 1.99. The molecule has 1 N–H and O–H groups in total. The molecular weight excluding hydrogens is 212 g/mol. The van der Waals surface area contributed by atoms with Crippen LogP contribution >= 0.6 is 0 Å². The van der Waals surface area contributed by atoms with Crippen molar-refractivity contribution in [3.05, 3.63) is 34.4 Å². The molecule has 0 bridgehead atoms. The zero-order valence-corrected chi connectivity index (χ0v) is 10.6. The highest BCUT2D eigenvalue weighted by Gasteiger charge is 2.29. The summed E-state index contributed by atoms with van der Waals surface area (Å²) >= 11 is 0. The fraction of sp³-hybridized carbons (Fsp3) is 0.429. The molecule has 3 heteroatoms. The van der Waals surface area contributed by atoms with Crippen molar-refractivity contribution >= 4 is 12.1 Å². The molecule has 0 atom stereocenters. The number of aryl methyl sites for hydroxylation is 3. The Morgan fingerprint density at radius 3 is 2.41 bits per heavy atom. The van der Waals surface area contributed by atoms with Gasteiger partial charge in [0.2, 0.25) is 5.91 Å². The Hall–Kier alpha value is -1.64. The van der Waals surface area contributed by atoms with E-state index in [2.05, 4.69) is 43.4 Å². The van der Waals surface area contributed by atoms with E-state index in [0.29, 0.717) is 0 Å². The molecule has 1 aliphatic rings. The van der Waals surface area contributed by atoms with Gasteiger partial charge in [0, 0.05) is 11.5 Å². The third-order valence-corrected chi connectivity index (χ3v) is 3.05. The lowest BCUT2D eigenvalue weighted by Gasteiger charge is -2.06. The van der Waals surface area contributed by atoms with Gasteiger partial charge < -0.3 is 0 Å². The molecule has 2 rings (SSSR count). The number of nitrogens with zero attached hydrogens (tertiary/aromatic N) is 1. The Morgan fingerprint density at radius 2 is 1.88 bits per heavy atom. The van der Waals surface area contributed by atoms with Crippen LogP contribution in [0.3, 0.4) is 0 Å².